The number of carbonyl (C=O) groups is 1. The molecule has 1 heterocycles. The van der Waals surface area contributed by atoms with Crippen molar-refractivity contribution in [2.24, 2.45) is 7.05 Å². The molecule has 0 aliphatic heterocycles. The van der Waals surface area contributed by atoms with Crippen LogP contribution < -0.4 is 10.0 Å². The number of rotatable bonds is 6. The maximum Gasteiger partial charge on any atom is 0.240 e. The molecule has 9 heteroatoms. The highest BCUT2D eigenvalue weighted by atomic mass is 79.9. The molecule has 0 saturated heterocycles. The van der Waals surface area contributed by atoms with Crippen LogP contribution in [-0.2, 0) is 21.9 Å². The van der Waals surface area contributed by atoms with Crippen molar-refractivity contribution in [1.82, 2.24) is 14.5 Å². The van der Waals surface area contributed by atoms with Gasteiger partial charge in [-0.15, -0.1) is 0 Å². The van der Waals surface area contributed by atoms with Crippen LogP contribution in [0.3, 0.4) is 0 Å². The van der Waals surface area contributed by atoms with E-state index in [-0.39, 0.29) is 23.8 Å². The van der Waals surface area contributed by atoms with Gasteiger partial charge in [0, 0.05) is 30.6 Å². The zero-order valence-electron chi connectivity index (χ0n) is 12.7. The van der Waals surface area contributed by atoms with E-state index in [1.165, 1.54) is 12.1 Å². The Morgan fingerprint density at radius 2 is 2.09 bits per heavy atom. The first-order chi connectivity index (χ1) is 10.8. The number of sulfonamides is 1. The predicted molar refractivity (Wildman–Crippen MR) is 90.5 cm³/mol. The summed E-state index contributed by atoms with van der Waals surface area (Å²) in [5.41, 5.74) is 0.790. The fourth-order valence-electron chi connectivity index (χ4n) is 1.95. The quantitative estimate of drug-likeness (QED) is 0.772. The monoisotopic (exact) mass is 400 g/mol. The molecule has 2 N–H and O–H groups in total. The highest BCUT2D eigenvalue weighted by molar-refractivity contribution is 9.10. The molecular formula is C14H17BrN4O3S. The first-order valence-corrected chi connectivity index (χ1v) is 9.11. The fourth-order valence-corrected chi connectivity index (χ4v) is 3.58. The number of hydrogen-bond acceptors (Lipinski definition) is 4. The summed E-state index contributed by atoms with van der Waals surface area (Å²) in [7, 11) is -1.91. The third-order valence-electron chi connectivity index (χ3n) is 3.02. The van der Waals surface area contributed by atoms with E-state index in [1.807, 2.05) is 6.92 Å². The fraction of sp³-hybridized carbons (Fsp3) is 0.286. The van der Waals surface area contributed by atoms with E-state index in [1.54, 1.807) is 29.9 Å². The van der Waals surface area contributed by atoms with Gasteiger partial charge in [0.15, 0.2) is 0 Å². The van der Waals surface area contributed by atoms with Crippen molar-refractivity contribution in [2.75, 3.05) is 11.9 Å². The van der Waals surface area contributed by atoms with Gasteiger partial charge in [-0.25, -0.2) is 13.1 Å². The minimum Gasteiger partial charge on any atom is -0.311 e. The Bertz CT molecular complexity index is 817. The van der Waals surface area contributed by atoms with E-state index in [2.05, 4.69) is 31.1 Å². The molecule has 23 heavy (non-hydrogen) atoms. The largest absolute Gasteiger partial charge is 0.311 e. The van der Waals surface area contributed by atoms with E-state index >= 15 is 0 Å². The Labute approximate surface area is 143 Å². The number of carbonyl (C=O) groups excluding carboxylic acids is 1. The summed E-state index contributed by atoms with van der Waals surface area (Å²) in [6, 6.07) is 8.11. The van der Waals surface area contributed by atoms with Crippen molar-refractivity contribution in [3.05, 3.63) is 40.5 Å². The minimum atomic E-state index is -3.63. The molecule has 1 aromatic carbocycles. The lowest BCUT2D eigenvalue weighted by Crippen LogP contribution is -2.28. The van der Waals surface area contributed by atoms with E-state index in [4.69, 9.17) is 0 Å². The molecule has 2 aromatic rings. The Morgan fingerprint density at radius 1 is 1.35 bits per heavy atom. The molecule has 124 valence electrons. The van der Waals surface area contributed by atoms with Gasteiger partial charge >= 0.3 is 0 Å². The molecule has 0 aliphatic rings. The normalized spacial score (nSPS) is 11.4. The number of aryl methyl sites for hydroxylation is 2. The molecule has 0 bridgehead atoms. The number of nitrogens with one attached hydrogen (secondary N) is 2. The number of anilines is 1. The van der Waals surface area contributed by atoms with Crippen LogP contribution in [0.4, 0.5) is 5.82 Å². The second-order valence-electron chi connectivity index (χ2n) is 4.95. The number of hydrogen-bond donors (Lipinski definition) is 2. The first kappa shape index (κ1) is 17.6. The van der Waals surface area contributed by atoms with Crippen LogP contribution in [0.1, 0.15) is 12.1 Å². The van der Waals surface area contributed by atoms with Crippen LogP contribution in [-0.4, -0.2) is 30.7 Å². The van der Waals surface area contributed by atoms with E-state index in [9.17, 15) is 13.2 Å². The topological polar surface area (TPSA) is 93.1 Å². The van der Waals surface area contributed by atoms with Gasteiger partial charge in [0.05, 0.1) is 10.6 Å². The summed E-state index contributed by atoms with van der Waals surface area (Å²) in [6.07, 6.45) is 0.0253. The van der Waals surface area contributed by atoms with Gasteiger partial charge in [-0.2, -0.15) is 5.10 Å². The summed E-state index contributed by atoms with van der Waals surface area (Å²) in [5.74, 6) is 0.285. The summed E-state index contributed by atoms with van der Waals surface area (Å²) >= 11 is 3.23. The van der Waals surface area contributed by atoms with Gasteiger partial charge in [-0.1, -0.05) is 22.0 Å². The maximum absolute atomic E-state index is 12.1. The van der Waals surface area contributed by atoms with E-state index < -0.39 is 10.0 Å². The van der Waals surface area contributed by atoms with Crippen LogP contribution >= 0.6 is 15.9 Å². The van der Waals surface area contributed by atoms with Crippen molar-refractivity contribution in [3.8, 4) is 0 Å². The molecule has 0 fully saturated rings. The Hall–Kier alpha value is -1.71. The third-order valence-corrected chi connectivity index (χ3v) is 4.97. The predicted octanol–water partition coefficient (Wildman–Crippen LogP) is 1.80. The molecule has 0 atom stereocenters. The molecule has 1 aromatic heterocycles. The second kappa shape index (κ2) is 7.24. The Morgan fingerprint density at radius 3 is 2.70 bits per heavy atom. The van der Waals surface area contributed by atoms with Gasteiger partial charge in [0.2, 0.25) is 15.9 Å². The van der Waals surface area contributed by atoms with Crippen LogP contribution in [0.5, 0.6) is 0 Å². The Kier molecular flexibility index (Phi) is 5.55. The molecular weight excluding hydrogens is 384 g/mol. The van der Waals surface area contributed by atoms with Gasteiger partial charge in [-0.05, 0) is 25.1 Å². The number of amides is 1. The van der Waals surface area contributed by atoms with Crippen molar-refractivity contribution in [1.29, 1.82) is 0 Å². The van der Waals surface area contributed by atoms with Crippen molar-refractivity contribution in [3.63, 3.8) is 0 Å². The molecule has 0 unspecified atom stereocenters. The van der Waals surface area contributed by atoms with Gasteiger partial charge in [0.25, 0.3) is 0 Å². The standard InChI is InChI=1S/C14H17BrN4O3S/c1-10-8-13(19(2)18-10)17-14(20)6-7-16-23(21,22)12-5-3-4-11(15)9-12/h3-5,8-9,16H,6-7H2,1-2H3,(H,17,20). The SMILES string of the molecule is Cc1cc(NC(=O)CCNS(=O)(=O)c2cccc(Br)c2)n(C)n1. The average molecular weight is 401 g/mol. The number of halogens is 1. The smallest absolute Gasteiger partial charge is 0.240 e. The molecule has 0 radical (unpaired) electrons. The molecule has 0 spiro atoms. The van der Waals surface area contributed by atoms with Crippen LogP contribution in [0.25, 0.3) is 0 Å². The molecule has 1 amide bonds. The number of nitrogens with zero attached hydrogens (tertiary/aromatic N) is 2. The number of aromatic nitrogens is 2. The minimum absolute atomic E-state index is 0.0114. The average Bonchev–Trinajstić information content (AvgIpc) is 2.76. The van der Waals surface area contributed by atoms with E-state index in [0.29, 0.717) is 10.3 Å². The van der Waals surface area contributed by atoms with Gasteiger partial charge < -0.3 is 5.32 Å². The molecule has 7 nitrogen and oxygen atoms in total. The molecule has 0 saturated carbocycles. The molecule has 0 aliphatic carbocycles. The second-order valence-corrected chi connectivity index (χ2v) is 7.63. The van der Waals surface area contributed by atoms with Crippen LogP contribution in [0.15, 0.2) is 39.7 Å². The third kappa shape index (κ3) is 4.88. The van der Waals surface area contributed by atoms with E-state index in [0.717, 1.165) is 5.69 Å². The highest BCUT2D eigenvalue weighted by Gasteiger charge is 2.14. The maximum atomic E-state index is 12.1. The molecule has 2 rings (SSSR count). The Balaban J connectivity index is 1.89. The van der Waals surface area contributed by atoms with Crippen molar-refractivity contribution < 1.29 is 13.2 Å². The highest BCUT2D eigenvalue weighted by Crippen LogP contribution is 2.15. The van der Waals surface area contributed by atoms with Crippen LogP contribution in [0.2, 0.25) is 0 Å². The van der Waals surface area contributed by atoms with Crippen molar-refractivity contribution in [2.45, 2.75) is 18.2 Å². The first-order valence-electron chi connectivity index (χ1n) is 6.83. The lowest BCUT2D eigenvalue weighted by atomic mass is 10.4. The lowest BCUT2D eigenvalue weighted by molar-refractivity contribution is -0.116. The van der Waals surface area contributed by atoms with Crippen molar-refractivity contribution >= 4 is 37.7 Å². The van der Waals surface area contributed by atoms with Gasteiger partial charge in [-0.3, -0.25) is 9.48 Å². The summed E-state index contributed by atoms with van der Waals surface area (Å²) in [6.45, 7) is 1.83. The van der Waals surface area contributed by atoms with Crippen LogP contribution in [0, 0.1) is 6.92 Å². The summed E-state index contributed by atoms with van der Waals surface area (Å²) in [4.78, 5) is 12.0. The summed E-state index contributed by atoms with van der Waals surface area (Å²) < 4.78 is 28.8. The zero-order valence-corrected chi connectivity index (χ0v) is 15.1. The lowest BCUT2D eigenvalue weighted by Gasteiger charge is -2.08. The zero-order chi connectivity index (χ0) is 17.0. The summed E-state index contributed by atoms with van der Waals surface area (Å²) in [5, 5.41) is 6.80. The number of benzene rings is 1. The van der Waals surface area contributed by atoms with Gasteiger partial charge in [0.1, 0.15) is 5.82 Å².